The number of benzene rings is 2. The lowest BCUT2D eigenvalue weighted by atomic mass is 9.87. The van der Waals surface area contributed by atoms with Crippen molar-refractivity contribution in [2.75, 3.05) is 51.3 Å². The van der Waals surface area contributed by atoms with Gasteiger partial charge in [0.15, 0.2) is 0 Å². The molecule has 0 amide bonds. The van der Waals surface area contributed by atoms with Crippen LogP contribution < -0.4 is 9.64 Å². The van der Waals surface area contributed by atoms with Crippen molar-refractivity contribution >= 4 is 5.69 Å². The Morgan fingerprint density at radius 3 is 2.21 bits per heavy atom. The number of anilines is 1. The van der Waals surface area contributed by atoms with E-state index in [9.17, 15) is 5.11 Å². The quantitative estimate of drug-likeness (QED) is 0.670. The summed E-state index contributed by atoms with van der Waals surface area (Å²) >= 11 is 0. The molecule has 5 heteroatoms. The van der Waals surface area contributed by atoms with Crippen LogP contribution in [-0.4, -0.2) is 67.6 Å². The number of aryl methyl sites for hydroxylation is 3. The molecule has 0 unspecified atom stereocenters. The Hall–Kier alpha value is -2.08. The molecule has 180 valence electrons. The molecule has 33 heavy (non-hydrogen) atoms. The molecule has 0 atom stereocenters. The Morgan fingerprint density at radius 1 is 0.879 bits per heavy atom. The third kappa shape index (κ3) is 5.71. The summed E-state index contributed by atoms with van der Waals surface area (Å²) in [6.07, 6.45) is 3.45. The molecule has 0 aromatic heterocycles. The summed E-state index contributed by atoms with van der Waals surface area (Å²) in [7, 11) is 1.80. The summed E-state index contributed by atoms with van der Waals surface area (Å²) in [4.78, 5) is 4.83. The van der Waals surface area contributed by atoms with E-state index < -0.39 is 5.60 Å². The van der Waals surface area contributed by atoms with Crippen LogP contribution in [0.15, 0.2) is 42.5 Å². The maximum Gasteiger partial charge on any atom is 0.122 e. The first-order valence-electron chi connectivity index (χ1n) is 12.3. The first-order valence-corrected chi connectivity index (χ1v) is 12.3. The van der Waals surface area contributed by atoms with Gasteiger partial charge < -0.3 is 24.4 Å². The molecule has 0 saturated carbocycles. The number of aliphatic hydroxyl groups is 1. The van der Waals surface area contributed by atoms with E-state index in [4.69, 9.17) is 9.47 Å². The predicted molar refractivity (Wildman–Crippen MR) is 134 cm³/mol. The first-order chi connectivity index (χ1) is 15.8. The van der Waals surface area contributed by atoms with Gasteiger partial charge in [-0.3, -0.25) is 0 Å². The van der Waals surface area contributed by atoms with Gasteiger partial charge in [0.25, 0.3) is 0 Å². The summed E-state index contributed by atoms with van der Waals surface area (Å²) in [5.41, 5.74) is 4.14. The van der Waals surface area contributed by atoms with E-state index in [1.807, 2.05) is 0 Å². The fourth-order valence-electron chi connectivity index (χ4n) is 5.35. The molecule has 2 fully saturated rings. The molecule has 2 aromatic rings. The lowest BCUT2D eigenvalue weighted by molar-refractivity contribution is -0.0961. The van der Waals surface area contributed by atoms with Crippen LogP contribution in [0.1, 0.15) is 42.4 Å². The zero-order chi connectivity index (χ0) is 23.5. The molecular weight excluding hydrogens is 412 g/mol. The summed E-state index contributed by atoms with van der Waals surface area (Å²) in [5, 5.41) is 11.3. The molecule has 0 spiro atoms. The largest absolute Gasteiger partial charge is 0.490 e. The second-order valence-electron chi connectivity index (χ2n) is 10.2. The lowest BCUT2D eigenvalue weighted by Crippen LogP contribution is -2.55. The van der Waals surface area contributed by atoms with Crippen molar-refractivity contribution < 1.29 is 14.6 Å². The van der Waals surface area contributed by atoms with Crippen molar-refractivity contribution in [3.8, 4) is 5.75 Å². The SMILES string of the molecule is COC1(COc2ccc(C)cc2C)CCN(CC2(O)CCN(c3ccccc3C)CC2)CC1. The number of para-hydroxylation sites is 1. The zero-order valence-corrected chi connectivity index (χ0v) is 20.8. The topological polar surface area (TPSA) is 45.2 Å². The molecule has 2 saturated heterocycles. The Labute approximate surface area is 199 Å². The average Bonchev–Trinajstić information content (AvgIpc) is 2.81. The van der Waals surface area contributed by atoms with Gasteiger partial charge >= 0.3 is 0 Å². The van der Waals surface area contributed by atoms with Gasteiger partial charge in [-0.15, -0.1) is 0 Å². The lowest BCUT2D eigenvalue weighted by Gasteiger charge is -2.45. The summed E-state index contributed by atoms with van der Waals surface area (Å²) in [6, 6.07) is 14.8. The first kappa shape index (κ1) is 24.1. The highest BCUT2D eigenvalue weighted by Gasteiger charge is 2.39. The maximum atomic E-state index is 11.3. The number of likely N-dealkylation sites (tertiary alicyclic amines) is 1. The van der Waals surface area contributed by atoms with Gasteiger partial charge in [0.2, 0.25) is 0 Å². The fourth-order valence-corrected chi connectivity index (χ4v) is 5.35. The van der Waals surface area contributed by atoms with Gasteiger partial charge in [-0.25, -0.2) is 0 Å². The standard InChI is InChI=1S/C28H40N2O3/c1-22-9-10-26(24(3)19-22)33-21-28(32-4)13-15-29(16-14-28)20-27(31)11-17-30(18-12-27)25-8-6-5-7-23(25)2/h5-10,19,31H,11-18,20-21H2,1-4H3. The number of methoxy groups -OCH3 is 1. The second-order valence-corrected chi connectivity index (χ2v) is 10.2. The number of β-amino-alcohol motifs (C(OH)–C–C–N with tert-alkyl or cyclic N) is 1. The van der Waals surface area contributed by atoms with E-state index in [1.165, 1.54) is 16.8 Å². The maximum absolute atomic E-state index is 11.3. The van der Waals surface area contributed by atoms with Crippen molar-refractivity contribution in [2.45, 2.75) is 57.7 Å². The molecule has 1 N–H and O–H groups in total. The van der Waals surface area contributed by atoms with E-state index >= 15 is 0 Å². The van der Waals surface area contributed by atoms with E-state index in [0.717, 1.165) is 69.7 Å². The van der Waals surface area contributed by atoms with E-state index in [0.29, 0.717) is 6.61 Å². The Kier molecular flexibility index (Phi) is 7.32. The average molecular weight is 453 g/mol. The fraction of sp³-hybridized carbons (Fsp3) is 0.571. The molecular formula is C28H40N2O3. The Balaban J connectivity index is 1.28. The van der Waals surface area contributed by atoms with Crippen molar-refractivity contribution in [1.82, 2.24) is 4.90 Å². The van der Waals surface area contributed by atoms with Gasteiger partial charge in [-0.1, -0.05) is 35.9 Å². The van der Waals surface area contributed by atoms with E-state index in [-0.39, 0.29) is 5.60 Å². The summed E-state index contributed by atoms with van der Waals surface area (Å²) in [5.74, 6) is 0.939. The smallest absolute Gasteiger partial charge is 0.122 e. The van der Waals surface area contributed by atoms with Gasteiger partial charge in [0, 0.05) is 45.5 Å². The van der Waals surface area contributed by atoms with Crippen LogP contribution >= 0.6 is 0 Å². The van der Waals surface area contributed by atoms with Crippen LogP contribution in [0.2, 0.25) is 0 Å². The highest BCUT2D eigenvalue weighted by atomic mass is 16.5. The number of piperidine rings is 2. The molecule has 2 heterocycles. The highest BCUT2D eigenvalue weighted by Crippen LogP contribution is 2.32. The van der Waals surface area contributed by atoms with E-state index in [1.54, 1.807) is 7.11 Å². The van der Waals surface area contributed by atoms with Gasteiger partial charge in [0.1, 0.15) is 18.0 Å². The van der Waals surface area contributed by atoms with Crippen LogP contribution in [0.3, 0.4) is 0 Å². The van der Waals surface area contributed by atoms with Crippen LogP contribution in [0.5, 0.6) is 5.75 Å². The molecule has 2 aliphatic rings. The molecule has 0 bridgehead atoms. The summed E-state index contributed by atoms with van der Waals surface area (Å²) in [6.45, 7) is 11.3. The van der Waals surface area contributed by atoms with Crippen molar-refractivity contribution in [3.63, 3.8) is 0 Å². The monoisotopic (exact) mass is 452 g/mol. The molecule has 0 radical (unpaired) electrons. The van der Waals surface area contributed by atoms with Crippen molar-refractivity contribution in [2.24, 2.45) is 0 Å². The van der Waals surface area contributed by atoms with Gasteiger partial charge in [0.05, 0.1) is 5.60 Å². The Morgan fingerprint density at radius 2 is 1.58 bits per heavy atom. The molecule has 4 rings (SSSR count). The van der Waals surface area contributed by atoms with Crippen molar-refractivity contribution in [3.05, 3.63) is 59.2 Å². The molecule has 2 aliphatic heterocycles. The summed E-state index contributed by atoms with van der Waals surface area (Å²) < 4.78 is 12.2. The normalized spacial score (nSPS) is 20.6. The minimum absolute atomic E-state index is 0.259. The molecule has 0 aliphatic carbocycles. The van der Waals surface area contributed by atoms with Crippen molar-refractivity contribution in [1.29, 1.82) is 0 Å². The van der Waals surface area contributed by atoms with Crippen LogP contribution in [0.4, 0.5) is 5.69 Å². The minimum Gasteiger partial charge on any atom is -0.490 e. The zero-order valence-electron chi connectivity index (χ0n) is 20.8. The third-order valence-electron chi connectivity index (χ3n) is 7.69. The van der Waals surface area contributed by atoms with Gasteiger partial charge in [-0.05, 0) is 69.7 Å². The Bertz CT molecular complexity index is 928. The highest BCUT2D eigenvalue weighted by molar-refractivity contribution is 5.53. The predicted octanol–water partition coefficient (Wildman–Crippen LogP) is 4.50. The number of hydrogen-bond acceptors (Lipinski definition) is 5. The van der Waals surface area contributed by atoms with Crippen LogP contribution in [-0.2, 0) is 4.74 Å². The minimum atomic E-state index is -0.609. The van der Waals surface area contributed by atoms with Crippen LogP contribution in [0, 0.1) is 20.8 Å². The van der Waals surface area contributed by atoms with Gasteiger partial charge in [-0.2, -0.15) is 0 Å². The van der Waals surface area contributed by atoms with E-state index in [2.05, 4.69) is 73.0 Å². The number of rotatable bonds is 7. The van der Waals surface area contributed by atoms with Crippen LogP contribution in [0.25, 0.3) is 0 Å². The number of hydrogen-bond donors (Lipinski definition) is 1. The third-order valence-corrected chi connectivity index (χ3v) is 7.69. The molecule has 2 aromatic carbocycles. The number of nitrogens with zero attached hydrogens (tertiary/aromatic N) is 2. The second kappa shape index (κ2) is 10.0. The number of ether oxygens (including phenoxy) is 2. The molecule has 5 nitrogen and oxygen atoms in total.